The summed E-state index contributed by atoms with van der Waals surface area (Å²) in [5.74, 6) is 0.211. The maximum absolute atomic E-state index is 12.1. The Hall–Kier alpha value is -0.570. The monoisotopic (exact) mass is 228 g/mol. The summed E-state index contributed by atoms with van der Waals surface area (Å²) in [4.78, 5) is 13.8. The highest BCUT2D eigenvalue weighted by molar-refractivity contribution is 5.81. The zero-order chi connectivity index (χ0) is 13.0. The van der Waals surface area contributed by atoms with E-state index < -0.39 is 0 Å². The van der Waals surface area contributed by atoms with E-state index in [2.05, 4.69) is 19.2 Å². The summed E-state index contributed by atoms with van der Waals surface area (Å²) in [5, 5.41) is 3.23. The molecule has 0 aliphatic rings. The van der Waals surface area contributed by atoms with Crippen LogP contribution in [0.2, 0.25) is 0 Å². The lowest BCUT2D eigenvalue weighted by atomic mass is 9.71. The van der Waals surface area contributed by atoms with E-state index in [4.69, 9.17) is 0 Å². The van der Waals surface area contributed by atoms with Gasteiger partial charge in [0, 0.05) is 26.1 Å². The lowest BCUT2D eigenvalue weighted by Gasteiger charge is -2.37. The summed E-state index contributed by atoms with van der Waals surface area (Å²) >= 11 is 0. The van der Waals surface area contributed by atoms with E-state index in [1.165, 1.54) is 0 Å². The normalized spacial score (nSPS) is 15.7. The van der Waals surface area contributed by atoms with Gasteiger partial charge in [-0.15, -0.1) is 0 Å². The lowest BCUT2D eigenvalue weighted by Crippen LogP contribution is -2.42. The highest BCUT2D eigenvalue weighted by atomic mass is 16.2. The summed E-state index contributed by atoms with van der Waals surface area (Å²) in [5.41, 5.74) is -0.102. The maximum atomic E-state index is 12.1. The van der Waals surface area contributed by atoms with Crippen LogP contribution >= 0.6 is 0 Å². The fourth-order valence-corrected chi connectivity index (χ4v) is 2.49. The Morgan fingerprint density at radius 3 is 2.06 bits per heavy atom. The van der Waals surface area contributed by atoms with E-state index in [1.54, 1.807) is 4.90 Å². The second-order valence-electron chi connectivity index (χ2n) is 5.95. The molecule has 3 heteroatoms. The van der Waals surface area contributed by atoms with Crippen molar-refractivity contribution in [3.8, 4) is 0 Å². The fourth-order valence-electron chi connectivity index (χ4n) is 2.49. The SMILES string of the molecule is CCC(C)(CNC)CC(C)(C)C(=O)N(C)C. The molecule has 0 saturated carbocycles. The lowest BCUT2D eigenvalue weighted by molar-refractivity contribution is -0.139. The van der Waals surface area contributed by atoms with Crippen molar-refractivity contribution in [2.24, 2.45) is 10.8 Å². The number of hydrogen-bond acceptors (Lipinski definition) is 2. The van der Waals surface area contributed by atoms with Gasteiger partial charge in [0.1, 0.15) is 0 Å². The molecule has 0 fully saturated rings. The molecule has 96 valence electrons. The highest BCUT2D eigenvalue weighted by Crippen LogP contribution is 2.36. The highest BCUT2D eigenvalue weighted by Gasteiger charge is 2.36. The molecule has 0 radical (unpaired) electrons. The van der Waals surface area contributed by atoms with Crippen LogP contribution < -0.4 is 5.32 Å². The second-order valence-corrected chi connectivity index (χ2v) is 5.95. The van der Waals surface area contributed by atoms with Crippen molar-refractivity contribution in [1.29, 1.82) is 0 Å². The molecule has 0 aliphatic carbocycles. The predicted octanol–water partition coefficient (Wildman–Crippen LogP) is 2.13. The van der Waals surface area contributed by atoms with Crippen molar-refractivity contribution in [2.75, 3.05) is 27.7 Å². The number of carbonyl (C=O) groups excluding carboxylic acids is 1. The van der Waals surface area contributed by atoms with Gasteiger partial charge in [0.15, 0.2) is 0 Å². The molecule has 0 heterocycles. The smallest absolute Gasteiger partial charge is 0.227 e. The summed E-state index contributed by atoms with van der Waals surface area (Å²) in [6.45, 7) is 9.47. The third-order valence-electron chi connectivity index (χ3n) is 3.31. The topological polar surface area (TPSA) is 32.3 Å². The Morgan fingerprint density at radius 2 is 1.75 bits per heavy atom. The van der Waals surface area contributed by atoms with Gasteiger partial charge in [0.2, 0.25) is 5.91 Å². The Labute approximate surface area is 101 Å². The molecule has 1 amide bonds. The average molecular weight is 228 g/mol. The van der Waals surface area contributed by atoms with Crippen molar-refractivity contribution in [3.05, 3.63) is 0 Å². The molecule has 1 N–H and O–H groups in total. The molecule has 0 aromatic rings. The van der Waals surface area contributed by atoms with Gasteiger partial charge < -0.3 is 10.2 Å². The molecule has 0 saturated heterocycles. The van der Waals surface area contributed by atoms with Crippen molar-refractivity contribution < 1.29 is 4.79 Å². The van der Waals surface area contributed by atoms with E-state index >= 15 is 0 Å². The van der Waals surface area contributed by atoms with Crippen LogP contribution in [-0.4, -0.2) is 38.5 Å². The molecule has 1 unspecified atom stereocenters. The van der Waals surface area contributed by atoms with E-state index in [9.17, 15) is 4.79 Å². The van der Waals surface area contributed by atoms with Gasteiger partial charge in [-0.05, 0) is 25.3 Å². The van der Waals surface area contributed by atoms with Crippen LogP contribution in [0.25, 0.3) is 0 Å². The maximum Gasteiger partial charge on any atom is 0.227 e. The summed E-state index contributed by atoms with van der Waals surface area (Å²) in [6.07, 6.45) is 1.99. The molecule has 0 rings (SSSR count). The van der Waals surface area contributed by atoms with Gasteiger partial charge >= 0.3 is 0 Å². The predicted molar refractivity (Wildman–Crippen MR) is 69.4 cm³/mol. The Bertz CT molecular complexity index is 236. The number of rotatable bonds is 6. The fraction of sp³-hybridized carbons (Fsp3) is 0.923. The van der Waals surface area contributed by atoms with Crippen LogP contribution in [0.1, 0.15) is 40.5 Å². The molecule has 0 aromatic carbocycles. The first-order valence-electron chi connectivity index (χ1n) is 6.05. The van der Waals surface area contributed by atoms with Crippen molar-refractivity contribution in [1.82, 2.24) is 10.2 Å². The first-order valence-corrected chi connectivity index (χ1v) is 6.05. The number of nitrogens with one attached hydrogen (secondary N) is 1. The minimum absolute atomic E-state index is 0.184. The van der Waals surface area contributed by atoms with Crippen molar-refractivity contribution in [3.63, 3.8) is 0 Å². The minimum atomic E-state index is -0.287. The molecule has 3 nitrogen and oxygen atoms in total. The van der Waals surface area contributed by atoms with E-state index in [-0.39, 0.29) is 16.7 Å². The second kappa shape index (κ2) is 5.67. The molecule has 0 spiro atoms. The molecular formula is C13H28N2O. The van der Waals surface area contributed by atoms with Crippen LogP contribution in [0.5, 0.6) is 0 Å². The van der Waals surface area contributed by atoms with E-state index in [0.29, 0.717) is 0 Å². The molecule has 1 atom stereocenters. The minimum Gasteiger partial charge on any atom is -0.348 e. The molecule has 0 bridgehead atoms. The van der Waals surface area contributed by atoms with Gasteiger partial charge in [-0.25, -0.2) is 0 Å². The van der Waals surface area contributed by atoms with Crippen molar-refractivity contribution in [2.45, 2.75) is 40.5 Å². The quantitative estimate of drug-likeness (QED) is 0.755. The Kier molecular flexibility index (Phi) is 5.47. The van der Waals surface area contributed by atoms with Gasteiger partial charge in [-0.2, -0.15) is 0 Å². The first-order chi connectivity index (χ1) is 7.18. The summed E-state index contributed by atoms with van der Waals surface area (Å²) in [7, 11) is 5.62. The number of hydrogen-bond donors (Lipinski definition) is 1. The van der Waals surface area contributed by atoms with Crippen LogP contribution in [-0.2, 0) is 4.79 Å². The van der Waals surface area contributed by atoms with Gasteiger partial charge in [-0.3, -0.25) is 4.79 Å². The molecular weight excluding hydrogens is 200 g/mol. The number of nitrogens with zero attached hydrogens (tertiary/aromatic N) is 1. The first kappa shape index (κ1) is 15.4. The van der Waals surface area contributed by atoms with Crippen LogP contribution in [0, 0.1) is 10.8 Å². The van der Waals surface area contributed by atoms with Gasteiger partial charge in [-0.1, -0.05) is 27.7 Å². The van der Waals surface area contributed by atoms with Crippen molar-refractivity contribution >= 4 is 5.91 Å². The summed E-state index contributed by atoms with van der Waals surface area (Å²) < 4.78 is 0. The van der Waals surface area contributed by atoms with Gasteiger partial charge in [0.25, 0.3) is 0 Å². The third-order valence-corrected chi connectivity index (χ3v) is 3.31. The zero-order valence-corrected chi connectivity index (χ0v) is 12.0. The Balaban J connectivity index is 4.72. The van der Waals surface area contributed by atoms with E-state index in [1.807, 2.05) is 35.0 Å². The average Bonchev–Trinajstić information content (AvgIpc) is 2.16. The number of amides is 1. The zero-order valence-electron chi connectivity index (χ0n) is 12.0. The van der Waals surface area contributed by atoms with Crippen LogP contribution in [0.4, 0.5) is 0 Å². The molecule has 16 heavy (non-hydrogen) atoms. The molecule has 0 aliphatic heterocycles. The third kappa shape index (κ3) is 4.12. The Morgan fingerprint density at radius 1 is 1.25 bits per heavy atom. The summed E-state index contributed by atoms with van der Waals surface area (Å²) in [6, 6.07) is 0. The van der Waals surface area contributed by atoms with Gasteiger partial charge in [0.05, 0.1) is 0 Å². The van der Waals surface area contributed by atoms with E-state index in [0.717, 1.165) is 19.4 Å². The standard InChI is InChI=1S/C13H28N2O/c1-8-13(4,10-14-5)9-12(2,3)11(16)15(6)7/h14H,8-10H2,1-7H3. The largest absolute Gasteiger partial charge is 0.348 e. The van der Waals surface area contributed by atoms with Crippen LogP contribution in [0.15, 0.2) is 0 Å². The number of carbonyl (C=O) groups is 1. The van der Waals surface area contributed by atoms with Crippen LogP contribution in [0.3, 0.4) is 0 Å². The molecule has 0 aromatic heterocycles.